The van der Waals surface area contributed by atoms with Gasteiger partial charge in [-0.25, -0.2) is 13.2 Å². The Morgan fingerprint density at radius 2 is 2.05 bits per heavy atom. The molecule has 0 saturated heterocycles. The Kier molecular flexibility index (Phi) is 4.39. The second-order valence-electron chi connectivity index (χ2n) is 4.46. The molecule has 0 spiro atoms. The van der Waals surface area contributed by atoms with Crippen molar-refractivity contribution in [1.29, 1.82) is 0 Å². The number of benzene rings is 1. The molecule has 112 valence electrons. The molecule has 21 heavy (non-hydrogen) atoms. The third-order valence-corrected chi connectivity index (χ3v) is 4.89. The fraction of sp³-hybridized carbons (Fsp3) is 0.231. The summed E-state index contributed by atoms with van der Waals surface area (Å²) in [5.41, 5.74) is 0.779. The Morgan fingerprint density at radius 1 is 1.33 bits per heavy atom. The monoisotopic (exact) mass is 309 g/mol. The van der Waals surface area contributed by atoms with Crippen LogP contribution in [-0.4, -0.2) is 47.6 Å². The Balaban J connectivity index is 2.12. The smallest absolute Gasteiger partial charge is 0.335 e. The summed E-state index contributed by atoms with van der Waals surface area (Å²) in [7, 11) is -2.19. The zero-order valence-electron chi connectivity index (χ0n) is 11.4. The normalized spacial score (nSPS) is 11.7. The van der Waals surface area contributed by atoms with E-state index in [9.17, 15) is 13.2 Å². The summed E-state index contributed by atoms with van der Waals surface area (Å²) in [5, 5.41) is 15.1. The van der Waals surface area contributed by atoms with Gasteiger partial charge in [0, 0.05) is 13.6 Å². The zero-order valence-corrected chi connectivity index (χ0v) is 12.2. The lowest BCUT2D eigenvalue weighted by molar-refractivity contribution is 0.0695. The number of carboxylic acid groups (broad SMARTS) is 1. The van der Waals surface area contributed by atoms with Crippen LogP contribution in [0.3, 0.4) is 0 Å². The number of sulfonamides is 1. The molecular weight excluding hydrogens is 294 g/mol. The molecule has 0 unspecified atom stereocenters. The number of aromatic amines is 1. The Bertz CT molecular complexity index is 726. The quantitative estimate of drug-likeness (QED) is 0.827. The summed E-state index contributed by atoms with van der Waals surface area (Å²) in [6.07, 6.45) is 1.67. The van der Waals surface area contributed by atoms with Gasteiger partial charge in [0.05, 0.1) is 11.8 Å². The number of nitrogens with one attached hydrogen (secondary N) is 1. The van der Waals surface area contributed by atoms with Gasteiger partial charge >= 0.3 is 5.97 Å². The van der Waals surface area contributed by atoms with Crippen LogP contribution >= 0.6 is 0 Å². The highest BCUT2D eigenvalue weighted by atomic mass is 32.2. The van der Waals surface area contributed by atoms with Gasteiger partial charge in [-0.1, -0.05) is 18.2 Å². The molecule has 0 fully saturated rings. The van der Waals surface area contributed by atoms with Crippen molar-refractivity contribution in [3.8, 4) is 0 Å². The van der Waals surface area contributed by atoms with Gasteiger partial charge in [0.25, 0.3) is 10.0 Å². The molecule has 2 rings (SSSR count). The number of hydrogen-bond donors (Lipinski definition) is 2. The van der Waals surface area contributed by atoms with Crippen LogP contribution in [0, 0.1) is 0 Å². The standard InChI is InChI=1S/C13H15N3O4S/c1-16(21(19,20)12-6-8-14-15-12)9-7-10-4-2-3-5-11(10)13(17)18/h2-6,8H,7,9H2,1H3,(H,14,15)(H,17,18). The van der Waals surface area contributed by atoms with Crippen molar-refractivity contribution in [2.45, 2.75) is 11.4 Å². The fourth-order valence-corrected chi connectivity index (χ4v) is 2.97. The second-order valence-corrected chi connectivity index (χ2v) is 6.47. The molecule has 1 heterocycles. The van der Waals surface area contributed by atoms with Crippen LogP contribution in [0.2, 0.25) is 0 Å². The number of H-pyrrole nitrogens is 1. The molecule has 8 heteroatoms. The van der Waals surface area contributed by atoms with Crippen LogP contribution in [0.15, 0.2) is 41.6 Å². The molecule has 0 aliphatic rings. The van der Waals surface area contributed by atoms with Crippen LogP contribution in [0.1, 0.15) is 15.9 Å². The minimum Gasteiger partial charge on any atom is -0.478 e. The average Bonchev–Trinajstić information content (AvgIpc) is 2.99. The van der Waals surface area contributed by atoms with Crippen LogP contribution in [0.25, 0.3) is 0 Å². The van der Waals surface area contributed by atoms with Gasteiger partial charge in [-0.05, 0) is 24.1 Å². The molecule has 2 N–H and O–H groups in total. The molecule has 0 aliphatic heterocycles. The molecule has 1 aromatic carbocycles. The highest BCUT2D eigenvalue weighted by Crippen LogP contribution is 2.14. The van der Waals surface area contributed by atoms with E-state index in [-0.39, 0.29) is 17.1 Å². The van der Waals surface area contributed by atoms with Crippen LogP contribution < -0.4 is 0 Å². The van der Waals surface area contributed by atoms with E-state index in [1.165, 1.54) is 29.7 Å². The molecule has 0 bridgehead atoms. The van der Waals surface area contributed by atoms with Crippen LogP contribution in [0.4, 0.5) is 0 Å². The van der Waals surface area contributed by atoms with E-state index < -0.39 is 16.0 Å². The third kappa shape index (κ3) is 3.29. The lowest BCUT2D eigenvalue weighted by Crippen LogP contribution is -2.29. The maximum atomic E-state index is 12.2. The zero-order chi connectivity index (χ0) is 15.5. The van der Waals surface area contributed by atoms with Gasteiger partial charge in [0.1, 0.15) is 0 Å². The predicted octanol–water partition coefficient (Wildman–Crippen LogP) is 0.971. The van der Waals surface area contributed by atoms with Crippen LogP contribution in [-0.2, 0) is 16.4 Å². The predicted molar refractivity (Wildman–Crippen MR) is 75.5 cm³/mol. The first-order chi connectivity index (χ1) is 9.93. The largest absolute Gasteiger partial charge is 0.478 e. The SMILES string of the molecule is CN(CCc1ccccc1C(=O)O)S(=O)(=O)c1ccn[nH]1. The summed E-state index contributed by atoms with van der Waals surface area (Å²) in [4.78, 5) is 11.1. The number of nitrogens with zero attached hydrogens (tertiary/aromatic N) is 2. The van der Waals surface area contributed by atoms with Crippen LogP contribution in [0.5, 0.6) is 0 Å². The number of aromatic carboxylic acids is 1. The third-order valence-electron chi connectivity index (χ3n) is 3.11. The van der Waals surface area contributed by atoms with E-state index in [1.54, 1.807) is 18.2 Å². The fourth-order valence-electron chi connectivity index (χ4n) is 1.90. The molecule has 7 nitrogen and oxygen atoms in total. The van der Waals surface area contributed by atoms with E-state index in [0.717, 1.165) is 0 Å². The first-order valence-electron chi connectivity index (χ1n) is 6.20. The van der Waals surface area contributed by atoms with Crippen molar-refractivity contribution >= 4 is 16.0 Å². The van der Waals surface area contributed by atoms with E-state index in [2.05, 4.69) is 10.2 Å². The second kappa shape index (κ2) is 6.06. The van der Waals surface area contributed by atoms with Crippen molar-refractivity contribution in [2.24, 2.45) is 0 Å². The molecule has 0 amide bonds. The Hall–Kier alpha value is -2.19. The summed E-state index contributed by atoms with van der Waals surface area (Å²) in [6, 6.07) is 7.92. The molecular formula is C13H15N3O4S. The lowest BCUT2D eigenvalue weighted by atomic mass is 10.1. The summed E-state index contributed by atoms with van der Waals surface area (Å²) >= 11 is 0. The van der Waals surface area contributed by atoms with Crippen molar-refractivity contribution in [1.82, 2.24) is 14.5 Å². The van der Waals surface area contributed by atoms with Gasteiger partial charge in [-0.2, -0.15) is 9.40 Å². The lowest BCUT2D eigenvalue weighted by Gasteiger charge is -2.16. The molecule has 1 aromatic heterocycles. The topological polar surface area (TPSA) is 103 Å². The van der Waals surface area contributed by atoms with Crippen molar-refractivity contribution < 1.29 is 18.3 Å². The van der Waals surface area contributed by atoms with Crippen molar-refractivity contribution in [3.05, 3.63) is 47.7 Å². The molecule has 2 aromatic rings. The van der Waals surface area contributed by atoms with E-state index >= 15 is 0 Å². The van der Waals surface area contributed by atoms with E-state index in [1.807, 2.05) is 0 Å². The summed E-state index contributed by atoms with van der Waals surface area (Å²) in [5.74, 6) is -1.02. The number of aromatic nitrogens is 2. The molecule has 0 atom stereocenters. The first-order valence-corrected chi connectivity index (χ1v) is 7.64. The Labute approximate surface area is 122 Å². The number of rotatable bonds is 6. The van der Waals surface area contributed by atoms with E-state index in [4.69, 9.17) is 5.11 Å². The minimum atomic E-state index is -3.63. The van der Waals surface area contributed by atoms with Gasteiger partial charge in [-0.3, -0.25) is 5.10 Å². The number of hydrogen-bond acceptors (Lipinski definition) is 4. The summed E-state index contributed by atoms with van der Waals surface area (Å²) < 4.78 is 25.5. The maximum absolute atomic E-state index is 12.2. The van der Waals surface area contributed by atoms with Crippen molar-refractivity contribution in [2.75, 3.05) is 13.6 Å². The summed E-state index contributed by atoms with van der Waals surface area (Å²) in [6.45, 7) is 0.172. The molecule has 0 aliphatic carbocycles. The number of carbonyl (C=O) groups is 1. The Morgan fingerprint density at radius 3 is 2.67 bits per heavy atom. The van der Waals surface area contributed by atoms with Gasteiger partial charge in [0.2, 0.25) is 0 Å². The minimum absolute atomic E-state index is 0.0107. The molecule has 0 radical (unpaired) electrons. The van der Waals surface area contributed by atoms with Gasteiger partial charge < -0.3 is 5.11 Å². The molecule has 0 saturated carbocycles. The first kappa shape index (κ1) is 15.2. The highest BCUT2D eigenvalue weighted by Gasteiger charge is 2.22. The van der Waals surface area contributed by atoms with E-state index in [0.29, 0.717) is 12.0 Å². The highest BCUT2D eigenvalue weighted by molar-refractivity contribution is 7.89. The number of carboxylic acids is 1. The van der Waals surface area contributed by atoms with Gasteiger partial charge in [0.15, 0.2) is 5.03 Å². The van der Waals surface area contributed by atoms with Crippen molar-refractivity contribution in [3.63, 3.8) is 0 Å². The number of likely N-dealkylation sites (N-methyl/N-ethyl adjacent to an activating group) is 1. The van der Waals surface area contributed by atoms with Gasteiger partial charge in [-0.15, -0.1) is 0 Å². The average molecular weight is 309 g/mol. The maximum Gasteiger partial charge on any atom is 0.335 e.